The normalized spacial score (nSPS) is 14.5. The van der Waals surface area contributed by atoms with Crippen LogP contribution in [0.15, 0.2) is 85.1 Å². The van der Waals surface area contributed by atoms with E-state index in [1.165, 1.54) is 141 Å². The predicted molar refractivity (Wildman–Crippen MR) is 309 cm³/mol. The molecule has 0 aliphatic carbocycles. The van der Waals surface area contributed by atoms with Crippen LogP contribution in [-0.4, -0.2) is 73.4 Å². The number of amides is 1. The summed E-state index contributed by atoms with van der Waals surface area (Å²) in [6.45, 7) is 4.74. The summed E-state index contributed by atoms with van der Waals surface area (Å²) in [4.78, 5) is 23.2. The van der Waals surface area contributed by atoms with Crippen LogP contribution in [0.4, 0.5) is 0 Å². The zero-order chi connectivity index (χ0) is 52.0. The average Bonchev–Trinajstić information content (AvgIpc) is 3.33. The summed E-state index contributed by atoms with van der Waals surface area (Å²) < 4.78 is 23.6. The van der Waals surface area contributed by atoms with Gasteiger partial charge in [-0.3, -0.25) is 13.8 Å². The van der Waals surface area contributed by atoms with Gasteiger partial charge in [0, 0.05) is 6.42 Å². The molecule has 0 spiro atoms. The van der Waals surface area contributed by atoms with Crippen molar-refractivity contribution in [3.63, 3.8) is 0 Å². The van der Waals surface area contributed by atoms with Crippen LogP contribution >= 0.6 is 7.82 Å². The SMILES string of the molecule is CC/C=C\C/C=C\C/C=C\C/C=C\C/C=C\C/C=C\C/C=C\CCCCCCCCCCCCCCCCCCCCCC(=O)NC(COP(=O)(O)OCC[N+](C)(C)C)C(O)CCCCCCCCCC. The minimum atomic E-state index is -4.31. The van der Waals surface area contributed by atoms with Gasteiger partial charge in [0.2, 0.25) is 5.91 Å². The van der Waals surface area contributed by atoms with Crippen LogP contribution in [0.5, 0.6) is 0 Å². The fraction of sp³-hybridized carbons (Fsp3) is 0.758. The number of phosphoric ester groups is 1. The van der Waals surface area contributed by atoms with Gasteiger partial charge in [-0.25, -0.2) is 4.57 Å². The molecule has 0 aromatic carbocycles. The van der Waals surface area contributed by atoms with Crippen molar-refractivity contribution < 1.29 is 32.9 Å². The molecule has 8 nitrogen and oxygen atoms in total. The van der Waals surface area contributed by atoms with Crippen molar-refractivity contribution in [3.05, 3.63) is 85.1 Å². The lowest BCUT2D eigenvalue weighted by Gasteiger charge is -2.26. The van der Waals surface area contributed by atoms with E-state index in [2.05, 4.69) is 104 Å². The van der Waals surface area contributed by atoms with Crippen LogP contribution in [-0.2, 0) is 18.4 Å². The van der Waals surface area contributed by atoms with E-state index < -0.39 is 20.0 Å². The minimum absolute atomic E-state index is 0.0735. The number of rotatable bonds is 53. The molecule has 412 valence electrons. The number of hydrogen-bond donors (Lipinski definition) is 3. The number of hydrogen-bond acceptors (Lipinski definition) is 5. The zero-order valence-corrected chi connectivity index (χ0v) is 47.8. The summed E-state index contributed by atoms with van der Waals surface area (Å²) in [6, 6.07) is -0.759. The highest BCUT2D eigenvalue weighted by molar-refractivity contribution is 7.47. The average molecular weight is 1010 g/mol. The molecule has 0 heterocycles. The smallest absolute Gasteiger partial charge is 0.391 e. The van der Waals surface area contributed by atoms with E-state index in [9.17, 15) is 19.4 Å². The molecule has 1 amide bonds. The standard InChI is InChI=1S/C62H113N2O6P/c1-6-8-10-12-14-16-17-18-19-20-21-22-23-24-25-26-27-28-29-30-31-32-33-34-35-36-37-38-39-40-41-42-43-44-45-46-47-48-50-52-54-56-62(66)63-60(59-70-71(67,68)69-58-57-64(3,4)5)61(65)55-53-51-49-15-13-11-9-7-2/h8,10,14,16,18-19,21-22,24-25,27-28,30-31,60-61,65H,6-7,9,11-13,15,17,20,23,26,29,32-59H2,1-5H3,(H-,63,66,67,68)/p+1/b10-8-,16-14-,19-18-,22-21-,25-24-,28-27-,31-30-. The topological polar surface area (TPSA) is 105 Å². The van der Waals surface area contributed by atoms with Crippen LogP contribution in [0.25, 0.3) is 0 Å². The lowest BCUT2D eigenvalue weighted by molar-refractivity contribution is -0.870. The number of allylic oxidation sites excluding steroid dienone is 14. The number of aliphatic hydroxyl groups excluding tert-OH is 1. The lowest BCUT2D eigenvalue weighted by atomic mass is 10.0. The van der Waals surface area contributed by atoms with E-state index in [-0.39, 0.29) is 19.1 Å². The predicted octanol–water partition coefficient (Wildman–Crippen LogP) is 18.0. The molecule has 0 fully saturated rings. The lowest BCUT2D eigenvalue weighted by Crippen LogP contribution is -2.46. The number of unbranched alkanes of at least 4 members (excludes halogenated alkanes) is 26. The van der Waals surface area contributed by atoms with E-state index >= 15 is 0 Å². The van der Waals surface area contributed by atoms with Crippen LogP contribution in [0.2, 0.25) is 0 Å². The molecule has 0 radical (unpaired) electrons. The molecule has 9 heteroatoms. The molecule has 3 N–H and O–H groups in total. The second-order valence-electron chi connectivity index (χ2n) is 21.0. The van der Waals surface area contributed by atoms with E-state index in [1.54, 1.807) is 0 Å². The molecule has 0 bridgehead atoms. The number of carbonyl (C=O) groups is 1. The molecule has 0 aliphatic rings. The number of nitrogens with one attached hydrogen (secondary N) is 1. The summed E-state index contributed by atoms with van der Waals surface area (Å²) in [7, 11) is 1.61. The van der Waals surface area contributed by atoms with Gasteiger partial charge in [-0.1, -0.05) is 259 Å². The van der Waals surface area contributed by atoms with Crippen molar-refractivity contribution >= 4 is 13.7 Å². The molecule has 0 saturated carbocycles. The van der Waals surface area contributed by atoms with Gasteiger partial charge in [-0.2, -0.15) is 0 Å². The Bertz CT molecular complexity index is 1430. The van der Waals surface area contributed by atoms with Gasteiger partial charge in [-0.05, 0) is 70.6 Å². The van der Waals surface area contributed by atoms with Gasteiger partial charge < -0.3 is 19.8 Å². The Morgan fingerprint density at radius 3 is 1.24 bits per heavy atom. The largest absolute Gasteiger partial charge is 0.472 e. The maximum atomic E-state index is 12.9. The summed E-state index contributed by atoms with van der Waals surface area (Å²) in [6.07, 6.45) is 74.0. The van der Waals surface area contributed by atoms with E-state index in [4.69, 9.17) is 9.05 Å². The Kier molecular flexibility index (Phi) is 50.8. The van der Waals surface area contributed by atoms with Gasteiger partial charge in [0.15, 0.2) is 0 Å². The summed E-state index contributed by atoms with van der Waals surface area (Å²) in [5, 5.41) is 13.9. The summed E-state index contributed by atoms with van der Waals surface area (Å²) >= 11 is 0. The fourth-order valence-electron chi connectivity index (χ4n) is 8.32. The maximum absolute atomic E-state index is 12.9. The van der Waals surface area contributed by atoms with Gasteiger partial charge in [-0.15, -0.1) is 0 Å². The molecule has 3 unspecified atom stereocenters. The van der Waals surface area contributed by atoms with Crippen molar-refractivity contribution in [2.75, 3.05) is 40.9 Å². The second kappa shape index (κ2) is 52.5. The number of carbonyl (C=O) groups excluding carboxylic acids is 1. The molecule has 0 aromatic heterocycles. The first-order valence-electron chi connectivity index (χ1n) is 29.5. The molecular weight excluding hydrogens is 900 g/mol. The first-order chi connectivity index (χ1) is 34.5. The van der Waals surface area contributed by atoms with Crippen molar-refractivity contribution in [1.82, 2.24) is 5.32 Å². The molecular formula is C62H114N2O6P+. The molecule has 3 atom stereocenters. The third-order valence-electron chi connectivity index (χ3n) is 12.9. The third kappa shape index (κ3) is 55.3. The Morgan fingerprint density at radius 1 is 0.493 bits per heavy atom. The monoisotopic (exact) mass is 1010 g/mol. The van der Waals surface area contributed by atoms with Crippen LogP contribution in [0.1, 0.15) is 251 Å². The van der Waals surface area contributed by atoms with E-state index in [1.807, 2.05) is 21.1 Å². The first-order valence-corrected chi connectivity index (χ1v) is 30.9. The fourth-order valence-corrected chi connectivity index (χ4v) is 9.06. The molecule has 0 aromatic rings. The Labute approximate surface area is 439 Å². The van der Waals surface area contributed by atoms with Crippen molar-refractivity contribution in [1.29, 1.82) is 0 Å². The molecule has 0 aliphatic heterocycles. The van der Waals surface area contributed by atoms with Crippen LogP contribution in [0, 0.1) is 0 Å². The van der Waals surface area contributed by atoms with Crippen molar-refractivity contribution in [3.8, 4) is 0 Å². The molecule has 0 rings (SSSR count). The highest BCUT2D eigenvalue weighted by Crippen LogP contribution is 2.43. The van der Waals surface area contributed by atoms with Gasteiger partial charge in [0.05, 0.1) is 39.9 Å². The number of phosphoric acid groups is 1. The molecule has 0 saturated heterocycles. The first kappa shape index (κ1) is 68.7. The van der Waals surface area contributed by atoms with Gasteiger partial charge in [0.1, 0.15) is 13.2 Å². The molecule has 71 heavy (non-hydrogen) atoms. The number of aliphatic hydroxyl groups is 1. The van der Waals surface area contributed by atoms with Gasteiger partial charge >= 0.3 is 7.82 Å². The minimum Gasteiger partial charge on any atom is -0.391 e. The van der Waals surface area contributed by atoms with E-state index in [0.717, 1.165) is 83.5 Å². The number of nitrogens with zero attached hydrogens (tertiary/aromatic N) is 1. The number of quaternary nitrogens is 1. The maximum Gasteiger partial charge on any atom is 0.472 e. The third-order valence-corrected chi connectivity index (χ3v) is 13.9. The number of likely N-dealkylation sites (N-methyl/N-ethyl adjacent to an activating group) is 1. The Morgan fingerprint density at radius 2 is 0.845 bits per heavy atom. The van der Waals surface area contributed by atoms with Crippen molar-refractivity contribution in [2.24, 2.45) is 0 Å². The highest BCUT2D eigenvalue weighted by atomic mass is 31.2. The second-order valence-corrected chi connectivity index (χ2v) is 22.4. The highest BCUT2D eigenvalue weighted by Gasteiger charge is 2.28. The Balaban J connectivity index is 3.82. The Hall–Kier alpha value is -2.32. The summed E-state index contributed by atoms with van der Waals surface area (Å²) in [5.41, 5.74) is 0. The van der Waals surface area contributed by atoms with Crippen LogP contribution < -0.4 is 5.32 Å². The van der Waals surface area contributed by atoms with Crippen molar-refractivity contribution in [2.45, 2.75) is 264 Å². The zero-order valence-electron chi connectivity index (χ0n) is 46.9. The van der Waals surface area contributed by atoms with Gasteiger partial charge in [0.25, 0.3) is 0 Å². The van der Waals surface area contributed by atoms with E-state index in [0.29, 0.717) is 23.9 Å². The quantitative estimate of drug-likeness (QED) is 0.0243. The summed E-state index contributed by atoms with van der Waals surface area (Å²) in [5.74, 6) is -0.147. The van der Waals surface area contributed by atoms with Crippen LogP contribution in [0.3, 0.4) is 0 Å².